The van der Waals surface area contributed by atoms with Crippen molar-refractivity contribution >= 4 is 48.6 Å². The molecule has 1 aliphatic rings. The fourth-order valence-corrected chi connectivity index (χ4v) is 8.69. The summed E-state index contributed by atoms with van der Waals surface area (Å²) in [7, 11) is 0. The predicted molar refractivity (Wildman–Crippen MR) is 202 cm³/mol. The summed E-state index contributed by atoms with van der Waals surface area (Å²) >= 11 is 1.87. The molecule has 7 aromatic carbocycles. The maximum Gasteiger partial charge on any atom is 0.0546 e. The molecule has 2 heteroatoms. The molecule has 224 valence electrons. The van der Waals surface area contributed by atoms with Gasteiger partial charge in [-0.25, -0.2) is 0 Å². The summed E-state index contributed by atoms with van der Waals surface area (Å²) in [5.74, 6) is 0. The lowest BCUT2D eigenvalue weighted by Crippen LogP contribution is -2.17. The Morgan fingerprint density at radius 2 is 1.13 bits per heavy atom. The maximum atomic E-state index is 2.46. The molecule has 0 fully saturated rings. The van der Waals surface area contributed by atoms with E-state index in [4.69, 9.17) is 0 Å². The van der Waals surface area contributed by atoms with Gasteiger partial charge in [-0.05, 0) is 87.5 Å². The number of nitrogens with zero attached hydrogens (tertiary/aromatic N) is 1. The van der Waals surface area contributed by atoms with Crippen molar-refractivity contribution in [1.29, 1.82) is 0 Å². The van der Waals surface area contributed by atoms with Crippen molar-refractivity contribution in [2.45, 2.75) is 19.3 Å². The molecule has 1 heterocycles. The Morgan fingerprint density at radius 3 is 1.98 bits per heavy atom. The SMILES string of the molecule is CC1(C)c2ccccc2-c2ccc(N(c3ccccc3)c3cccc(-c4ccccc4)c3-c3ccc4sc5ccccc5c4c3)cc21. The van der Waals surface area contributed by atoms with Crippen LogP contribution < -0.4 is 4.90 Å². The van der Waals surface area contributed by atoms with Crippen LogP contribution >= 0.6 is 11.3 Å². The first-order valence-electron chi connectivity index (χ1n) is 16.3. The highest BCUT2D eigenvalue weighted by Crippen LogP contribution is 2.52. The lowest BCUT2D eigenvalue weighted by molar-refractivity contribution is 0.660. The van der Waals surface area contributed by atoms with Gasteiger partial charge in [-0.3, -0.25) is 0 Å². The minimum atomic E-state index is -0.0932. The van der Waals surface area contributed by atoms with Gasteiger partial charge in [-0.1, -0.05) is 129 Å². The van der Waals surface area contributed by atoms with Crippen molar-refractivity contribution in [1.82, 2.24) is 0 Å². The Hall–Kier alpha value is -5.44. The molecular weight excluding hydrogens is 587 g/mol. The summed E-state index contributed by atoms with van der Waals surface area (Å²) in [4.78, 5) is 2.46. The summed E-state index contributed by atoms with van der Waals surface area (Å²) in [5, 5.41) is 2.62. The molecular formula is C45H33NS. The van der Waals surface area contributed by atoms with Crippen molar-refractivity contribution in [3.63, 3.8) is 0 Å². The van der Waals surface area contributed by atoms with E-state index >= 15 is 0 Å². The quantitative estimate of drug-likeness (QED) is 0.185. The van der Waals surface area contributed by atoms with E-state index in [9.17, 15) is 0 Å². The summed E-state index contributed by atoms with van der Waals surface area (Å²) in [6, 6.07) is 60.1. The normalized spacial score (nSPS) is 13.1. The lowest BCUT2D eigenvalue weighted by atomic mass is 9.82. The van der Waals surface area contributed by atoms with Crippen LogP contribution in [0.25, 0.3) is 53.6 Å². The number of hydrogen-bond donors (Lipinski definition) is 0. The minimum Gasteiger partial charge on any atom is -0.310 e. The average molecular weight is 620 g/mol. The van der Waals surface area contributed by atoms with E-state index in [0.29, 0.717) is 0 Å². The molecule has 1 aromatic heterocycles. The highest BCUT2D eigenvalue weighted by atomic mass is 32.1. The first-order chi connectivity index (χ1) is 23.1. The Morgan fingerprint density at radius 1 is 0.447 bits per heavy atom. The number of anilines is 3. The highest BCUT2D eigenvalue weighted by molar-refractivity contribution is 7.25. The van der Waals surface area contributed by atoms with E-state index in [-0.39, 0.29) is 5.41 Å². The van der Waals surface area contributed by atoms with Crippen LogP contribution in [0.15, 0.2) is 164 Å². The van der Waals surface area contributed by atoms with Crippen LogP contribution in [-0.2, 0) is 5.41 Å². The summed E-state index contributed by atoms with van der Waals surface area (Å²) in [6.45, 7) is 4.71. The average Bonchev–Trinajstić information content (AvgIpc) is 3.61. The smallest absolute Gasteiger partial charge is 0.0546 e. The van der Waals surface area contributed by atoms with Gasteiger partial charge in [0.1, 0.15) is 0 Å². The van der Waals surface area contributed by atoms with Crippen molar-refractivity contribution in [2.24, 2.45) is 0 Å². The Bertz CT molecular complexity index is 2440. The molecule has 0 radical (unpaired) electrons. The largest absolute Gasteiger partial charge is 0.310 e. The molecule has 47 heavy (non-hydrogen) atoms. The summed E-state index contributed by atoms with van der Waals surface area (Å²) in [6.07, 6.45) is 0. The predicted octanol–water partition coefficient (Wildman–Crippen LogP) is 13.2. The van der Waals surface area contributed by atoms with Gasteiger partial charge < -0.3 is 4.90 Å². The number of benzene rings is 7. The number of rotatable bonds is 5. The third-order valence-corrected chi connectivity index (χ3v) is 11.0. The fourth-order valence-electron chi connectivity index (χ4n) is 7.61. The number of thiophene rings is 1. The van der Waals surface area contributed by atoms with Gasteiger partial charge in [0.15, 0.2) is 0 Å². The second-order valence-corrected chi connectivity index (χ2v) is 14.0. The molecule has 0 unspecified atom stereocenters. The van der Waals surface area contributed by atoms with Crippen LogP contribution in [-0.4, -0.2) is 0 Å². The van der Waals surface area contributed by atoms with E-state index < -0.39 is 0 Å². The summed E-state index contributed by atoms with van der Waals surface area (Å²) < 4.78 is 2.64. The Labute approximate surface area is 280 Å². The third kappa shape index (κ3) is 4.44. The van der Waals surface area contributed by atoms with Crippen LogP contribution in [0.1, 0.15) is 25.0 Å². The van der Waals surface area contributed by atoms with Crippen LogP contribution in [0.5, 0.6) is 0 Å². The Balaban J connectivity index is 1.32. The van der Waals surface area contributed by atoms with Gasteiger partial charge in [0.05, 0.1) is 5.69 Å². The summed E-state index contributed by atoms with van der Waals surface area (Å²) in [5.41, 5.74) is 13.6. The molecule has 0 spiro atoms. The second kappa shape index (κ2) is 10.8. The zero-order valence-electron chi connectivity index (χ0n) is 26.4. The first kappa shape index (κ1) is 27.8. The molecule has 0 N–H and O–H groups in total. The van der Waals surface area contributed by atoms with Crippen LogP contribution in [0.4, 0.5) is 17.1 Å². The number of hydrogen-bond acceptors (Lipinski definition) is 2. The number of para-hydroxylation sites is 1. The van der Waals surface area contributed by atoms with Crippen molar-refractivity contribution in [3.05, 3.63) is 175 Å². The highest BCUT2D eigenvalue weighted by Gasteiger charge is 2.36. The number of fused-ring (bicyclic) bond motifs is 6. The van der Waals surface area contributed by atoms with Crippen LogP contribution in [0.2, 0.25) is 0 Å². The topological polar surface area (TPSA) is 3.24 Å². The fraction of sp³-hybridized carbons (Fsp3) is 0.0667. The molecule has 0 bridgehead atoms. The van der Waals surface area contributed by atoms with Crippen molar-refractivity contribution in [3.8, 4) is 33.4 Å². The van der Waals surface area contributed by atoms with E-state index in [1.165, 1.54) is 64.7 Å². The third-order valence-electron chi connectivity index (χ3n) is 9.87. The van der Waals surface area contributed by atoms with Gasteiger partial charge >= 0.3 is 0 Å². The second-order valence-electron chi connectivity index (χ2n) is 12.9. The molecule has 9 rings (SSSR count). The molecule has 0 saturated carbocycles. The zero-order valence-corrected chi connectivity index (χ0v) is 27.3. The molecule has 0 amide bonds. The van der Waals surface area contributed by atoms with Crippen molar-refractivity contribution in [2.75, 3.05) is 4.90 Å². The van der Waals surface area contributed by atoms with Crippen LogP contribution in [0, 0.1) is 0 Å². The minimum absolute atomic E-state index is 0.0932. The van der Waals surface area contributed by atoms with E-state index in [2.05, 4.69) is 183 Å². The first-order valence-corrected chi connectivity index (χ1v) is 17.1. The van der Waals surface area contributed by atoms with Gasteiger partial charge in [0.25, 0.3) is 0 Å². The lowest BCUT2D eigenvalue weighted by Gasteiger charge is -2.30. The molecule has 0 atom stereocenters. The zero-order chi connectivity index (χ0) is 31.5. The van der Waals surface area contributed by atoms with Gasteiger partial charge in [0.2, 0.25) is 0 Å². The van der Waals surface area contributed by atoms with Gasteiger partial charge in [-0.15, -0.1) is 11.3 Å². The monoisotopic (exact) mass is 619 g/mol. The maximum absolute atomic E-state index is 2.46. The molecule has 0 aliphatic heterocycles. The molecule has 8 aromatic rings. The van der Waals surface area contributed by atoms with Crippen molar-refractivity contribution < 1.29 is 0 Å². The van der Waals surface area contributed by atoms with E-state index in [0.717, 1.165) is 17.1 Å². The van der Waals surface area contributed by atoms with E-state index in [1.807, 2.05) is 11.3 Å². The van der Waals surface area contributed by atoms with Gasteiger partial charge in [0, 0.05) is 42.5 Å². The Kier molecular flexibility index (Phi) is 6.41. The molecule has 0 saturated heterocycles. The standard InChI is InChI=1S/C45H33NS/c1-45(2)39-21-11-9-18-35(39)36-26-25-33(29-40(36)45)46(32-16-7-4-8-17-32)41-22-13-20-34(30-14-5-3-6-15-30)44(41)31-24-27-43-38(28-31)37-19-10-12-23-42(37)47-43/h3-29H,1-2H3. The van der Waals surface area contributed by atoms with Gasteiger partial charge in [-0.2, -0.15) is 0 Å². The molecule has 1 nitrogen and oxygen atoms in total. The van der Waals surface area contributed by atoms with E-state index in [1.54, 1.807) is 0 Å². The molecule has 1 aliphatic carbocycles. The van der Waals surface area contributed by atoms with Crippen LogP contribution in [0.3, 0.4) is 0 Å².